The zero-order chi connectivity index (χ0) is 15.0. The molecular formula is C16H21FN2O2. The van der Waals surface area contributed by atoms with Gasteiger partial charge in [-0.05, 0) is 43.9 Å². The normalized spacial score (nSPS) is 23.2. The Morgan fingerprint density at radius 1 is 1.48 bits per heavy atom. The molecule has 1 atom stereocenters. The first-order chi connectivity index (χ1) is 9.98. The third kappa shape index (κ3) is 3.02. The standard InChI is InChI=1S/C16H21FN2O2/c1-10-3-6-18-19-14(10)12-7-11(2)15(13(17)8-12)21-9-16(20)4-5-16/h7-8,10,18,20H,3-6,9H2,1-2H3. The highest BCUT2D eigenvalue weighted by atomic mass is 19.1. The fraction of sp³-hybridized carbons (Fsp3) is 0.562. The zero-order valence-electron chi connectivity index (χ0n) is 12.4. The van der Waals surface area contributed by atoms with E-state index in [9.17, 15) is 9.50 Å². The number of nitrogens with one attached hydrogen (secondary N) is 1. The van der Waals surface area contributed by atoms with E-state index in [1.807, 2.05) is 13.0 Å². The van der Waals surface area contributed by atoms with Crippen LogP contribution in [0.25, 0.3) is 0 Å². The molecule has 0 saturated heterocycles. The van der Waals surface area contributed by atoms with E-state index < -0.39 is 11.4 Å². The molecular weight excluding hydrogens is 271 g/mol. The largest absolute Gasteiger partial charge is 0.487 e. The Morgan fingerprint density at radius 3 is 2.86 bits per heavy atom. The zero-order valence-corrected chi connectivity index (χ0v) is 12.4. The van der Waals surface area contributed by atoms with Gasteiger partial charge in [0.1, 0.15) is 6.61 Å². The minimum absolute atomic E-state index is 0.156. The highest BCUT2D eigenvalue weighted by Gasteiger charge is 2.41. The number of benzene rings is 1. The van der Waals surface area contributed by atoms with E-state index in [4.69, 9.17) is 4.74 Å². The minimum Gasteiger partial charge on any atom is -0.487 e. The second-order valence-electron chi connectivity index (χ2n) is 6.21. The van der Waals surface area contributed by atoms with Crippen LogP contribution in [0.5, 0.6) is 5.75 Å². The van der Waals surface area contributed by atoms with Gasteiger partial charge in [-0.2, -0.15) is 5.10 Å². The summed E-state index contributed by atoms with van der Waals surface area (Å²) in [6, 6.07) is 3.37. The first-order valence-electron chi connectivity index (χ1n) is 7.45. The number of aliphatic hydroxyl groups is 1. The SMILES string of the molecule is Cc1cc(C2=NNCCC2C)cc(F)c1OCC1(O)CC1. The van der Waals surface area contributed by atoms with Crippen molar-refractivity contribution in [3.05, 3.63) is 29.1 Å². The fourth-order valence-corrected chi connectivity index (χ4v) is 2.57. The second-order valence-corrected chi connectivity index (χ2v) is 6.21. The predicted octanol–water partition coefficient (Wildman–Crippen LogP) is 2.37. The second kappa shape index (κ2) is 5.30. The van der Waals surface area contributed by atoms with Gasteiger partial charge in [0, 0.05) is 18.0 Å². The number of aryl methyl sites for hydroxylation is 1. The summed E-state index contributed by atoms with van der Waals surface area (Å²) in [5.41, 5.74) is 4.63. The fourth-order valence-electron chi connectivity index (χ4n) is 2.57. The molecule has 1 fully saturated rings. The summed E-state index contributed by atoms with van der Waals surface area (Å²) < 4.78 is 19.8. The van der Waals surface area contributed by atoms with Crippen LogP contribution in [0.4, 0.5) is 4.39 Å². The van der Waals surface area contributed by atoms with Crippen molar-refractivity contribution < 1.29 is 14.2 Å². The third-order valence-electron chi connectivity index (χ3n) is 4.19. The summed E-state index contributed by atoms with van der Waals surface area (Å²) in [6.45, 7) is 4.93. The number of hydrazone groups is 1. The average molecular weight is 292 g/mol. The quantitative estimate of drug-likeness (QED) is 0.896. The Hall–Kier alpha value is -1.62. The van der Waals surface area contributed by atoms with E-state index in [0.29, 0.717) is 5.92 Å². The van der Waals surface area contributed by atoms with Crippen molar-refractivity contribution in [1.29, 1.82) is 0 Å². The molecule has 0 bridgehead atoms. The molecule has 1 heterocycles. The van der Waals surface area contributed by atoms with Crippen molar-refractivity contribution >= 4 is 5.71 Å². The number of hydrogen-bond donors (Lipinski definition) is 2. The van der Waals surface area contributed by atoms with Gasteiger partial charge in [-0.25, -0.2) is 4.39 Å². The molecule has 3 rings (SSSR count). The average Bonchev–Trinajstić information content (AvgIpc) is 3.16. The molecule has 0 spiro atoms. The summed E-state index contributed by atoms with van der Waals surface area (Å²) in [5.74, 6) is 0.148. The van der Waals surface area contributed by atoms with Gasteiger partial charge in [0.25, 0.3) is 0 Å². The molecule has 1 aromatic rings. The Kier molecular flexibility index (Phi) is 3.61. The Bertz CT molecular complexity index is 559. The summed E-state index contributed by atoms with van der Waals surface area (Å²) in [4.78, 5) is 0. The third-order valence-corrected chi connectivity index (χ3v) is 4.19. The van der Waals surface area contributed by atoms with E-state index in [0.717, 1.165) is 42.6 Å². The lowest BCUT2D eigenvalue weighted by molar-refractivity contribution is 0.0833. The van der Waals surface area contributed by atoms with Crippen LogP contribution in [0.2, 0.25) is 0 Å². The van der Waals surface area contributed by atoms with Gasteiger partial charge in [-0.3, -0.25) is 0 Å². The van der Waals surface area contributed by atoms with Gasteiger partial charge in [0.15, 0.2) is 11.6 Å². The molecule has 21 heavy (non-hydrogen) atoms. The Labute approximate surface area is 124 Å². The summed E-state index contributed by atoms with van der Waals surface area (Å²) >= 11 is 0. The molecule has 2 N–H and O–H groups in total. The highest BCUT2D eigenvalue weighted by Crippen LogP contribution is 2.36. The van der Waals surface area contributed by atoms with E-state index in [1.54, 1.807) is 0 Å². The smallest absolute Gasteiger partial charge is 0.166 e. The minimum atomic E-state index is -0.747. The maximum Gasteiger partial charge on any atom is 0.166 e. The van der Waals surface area contributed by atoms with Gasteiger partial charge >= 0.3 is 0 Å². The number of ether oxygens (including phenoxy) is 1. The molecule has 1 aliphatic carbocycles. The maximum atomic E-state index is 14.3. The monoisotopic (exact) mass is 292 g/mol. The topological polar surface area (TPSA) is 53.9 Å². The van der Waals surface area contributed by atoms with Gasteiger partial charge in [0.05, 0.1) is 11.3 Å². The van der Waals surface area contributed by atoms with Gasteiger partial charge < -0.3 is 15.3 Å². The molecule has 1 aliphatic heterocycles. The lowest BCUT2D eigenvalue weighted by atomic mass is 9.93. The molecule has 5 heteroatoms. The van der Waals surface area contributed by atoms with Gasteiger partial charge in [-0.1, -0.05) is 6.92 Å². The molecule has 1 saturated carbocycles. The van der Waals surface area contributed by atoms with E-state index >= 15 is 0 Å². The van der Waals surface area contributed by atoms with Crippen LogP contribution in [0.15, 0.2) is 17.2 Å². The van der Waals surface area contributed by atoms with Crippen molar-refractivity contribution in [3.63, 3.8) is 0 Å². The van der Waals surface area contributed by atoms with Crippen molar-refractivity contribution in [2.45, 2.75) is 38.7 Å². The number of rotatable bonds is 4. The van der Waals surface area contributed by atoms with Crippen LogP contribution < -0.4 is 10.2 Å². The molecule has 4 nitrogen and oxygen atoms in total. The molecule has 1 aromatic carbocycles. The molecule has 114 valence electrons. The van der Waals surface area contributed by atoms with Crippen molar-refractivity contribution in [1.82, 2.24) is 5.43 Å². The number of nitrogens with zero attached hydrogens (tertiary/aromatic N) is 1. The van der Waals surface area contributed by atoms with Crippen LogP contribution in [-0.2, 0) is 0 Å². The molecule has 0 radical (unpaired) electrons. The van der Waals surface area contributed by atoms with E-state index in [1.165, 1.54) is 6.07 Å². The van der Waals surface area contributed by atoms with Crippen LogP contribution in [0.3, 0.4) is 0 Å². The molecule has 0 aromatic heterocycles. The van der Waals surface area contributed by atoms with Crippen LogP contribution in [-0.4, -0.2) is 29.6 Å². The summed E-state index contributed by atoms with van der Waals surface area (Å²) in [6.07, 6.45) is 2.45. The lowest BCUT2D eigenvalue weighted by Gasteiger charge is -2.21. The molecule has 1 unspecified atom stereocenters. The number of hydrogen-bond acceptors (Lipinski definition) is 4. The number of halogens is 1. The summed E-state index contributed by atoms with van der Waals surface area (Å²) in [5, 5.41) is 14.1. The summed E-state index contributed by atoms with van der Waals surface area (Å²) in [7, 11) is 0. The van der Waals surface area contributed by atoms with Crippen LogP contribution in [0.1, 0.15) is 37.3 Å². The predicted molar refractivity (Wildman–Crippen MR) is 79.1 cm³/mol. The van der Waals surface area contributed by atoms with E-state index in [2.05, 4.69) is 17.5 Å². The molecule has 0 amide bonds. The van der Waals surface area contributed by atoms with Crippen molar-refractivity contribution in [2.24, 2.45) is 11.0 Å². The molecule has 2 aliphatic rings. The maximum absolute atomic E-state index is 14.3. The first-order valence-corrected chi connectivity index (χ1v) is 7.45. The van der Waals surface area contributed by atoms with E-state index in [-0.39, 0.29) is 12.4 Å². The first kappa shape index (κ1) is 14.3. The van der Waals surface area contributed by atoms with Crippen LogP contribution >= 0.6 is 0 Å². The lowest BCUT2D eigenvalue weighted by Crippen LogP contribution is -2.27. The van der Waals surface area contributed by atoms with Gasteiger partial charge in [-0.15, -0.1) is 0 Å². The highest BCUT2D eigenvalue weighted by molar-refractivity contribution is 6.02. The van der Waals surface area contributed by atoms with Crippen molar-refractivity contribution in [3.8, 4) is 5.75 Å². The Balaban J connectivity index is 1.83. The Morgan fingerprint density at radius 2 is 2.24 bits per heavy atom. The van der Waals surface area contributed by atoms with Crippen molar-refractivity contribution in [2.75, 3.05) is 13.2 Å². The van der Waals surface area contributed by atoms with Gasteiger partial charge in [0.2, 0.25) is 0 Å². The van der Waals surface area contributed by atoms with Crippen LogP contribution in [0, 0.1) is 18.7 Å².